The van der Waals surface area contributed by atoms with Gasteiger partial charge < -0.3 is 4.90 Å². The van der Waals surface area contributed by atoms with Gasteiger partial charge in [0.05, 0.1) is 0 Å². The number of nitrogens with one attached hydrogen (secondary N) is 1. The fourth-order valence-corrected chi connectivity index (χ4v) is 2.43. The van der Waals surface area contributed by atoms with Crippen molar-refractivity contribution in [1.29, 1.82) is 0 Å². The van der Waals surface area contributed by atoms with Crippen molar-refractivity contribution in [2.24, 2.45) is 5.84 Å². The highest BCUT2D eigenvalue weighted by Crippen LogP contribution is 2.25. The van der Waals surface area contributed by atoms with Gasteiger partial charge in [0.2, 0.25) is 0 Å². The Bertz CT molecular complexity index is 381. The average Bonchev–Trinajstić information content (AvgIpc) is 2.36. The first-order chi connectivity index (χ1) is 8.45. The zero-order valence-electron chi connectivity index (χ0n) is 11.7. The van der Waals surface area contributed by atoms with E-state index in [0.717, 1.165) is 23.4 Å². The van der Waals surface area contributed by atoms with Gasteiger partial charge in [0.1, 0.15) is 0 Å². The van der Waals surface area contributed by atoms with Crippen molar-refractivity contribution in [3.05, 3.63) is 34.9 Å². The van der Waals surface area contributed by atoms with Crippen LogP contribution in [0, 0.1) is 0 Å². The lowest BCUT2D eigenvalue weighted by atomic mass is 9.84. The van der Waals surface area contributed by atoms with Crippen LogP contribution in [0.5, 0.6) is 0 Å². The normalized spacial score (nSPS) is 16.6. The molecule has 0 saturated heterocycles. The first-order valence-corrected chi connectivity index (χ1v) is 6.70. The number of benzene rings is 1. The SMILES string of the molecule is CCC(C)(C(Cc1ccccc1Cl)NN)N(C)C. The number of hydrogen-bond donors (Lipinski definition) is 2. The largest absolute Gasteiger partial charge is 0.302 e. The summed E-state index contributed by atoms with van der Waals surface area (Å²) in [5, 5.41) is 0.801. The molecule has 1 rings (SSSR count). The van der Waals surface area contributed by atoms with Crippen LogP contribution < -0.4 is 11.3 Å². The first kappa shape index (κ1) is 15.4. The van der Waals surface area contributed by atoms with Gasteiger partial charge in [-0.15, -0.1) is 0 Å². The van der Waals surface area contributed by atoms with Gasteiger partial charge in [-0.1, -0.05) is 36.7 Å². The van der Waals surface area contributed by atoms with E-state index < -0.39 is 0 Å². The van der Waals surface area contributed by atoms with Crippen molar-refractivity contribution in [2.45, 2.75) is 38.3 Å². The van der Waals surface area contributed by atoms with Crippen LogP contribution in [0.4, 0.5) is 0 Å². The summed E-state index contributed by atoms with van der Waals surface area (Å²) in [7, 11) is 4.17. The smallest absolute Gasteiger partial charge is 0.0438 e. The summed E-state index contributed by atoms with van der Waals surface area (Å²) in [5.41, 5.74) is 4.07. The third-order valence-electron chi connectivity index (χ3n) is 4.07. The Morgan fingerprint density at radius 2 is 2.00 bits per heavy atom. The molecule has 1 aromatic rings. The lowest BCUT2D eigenvalue weighted by Crippen LogP contribution is -2.59. The Hall–Kier alpha value is -0.610. The van der Waals surface area contributed by atoms with E-state index in [0.29, 0.717) is 0 Å². The molecule has 18 heavy (non-hydrogen) atoms. The van der Waals surface area contributed by atoms with Crippen molar-refractivity contribution in [2.75, 3.05) is 14.1 Å². The van der Waals surface area contributed by atoms with Crippen LogP contribution in [0.3, 0.4) is 0 Å². The molecule has 0 spiro atoms. The van der Waals surface area contributed by atoms with E-state index in [4.69, 9.17) is 17.4 Å². The monoisotopic (exact) mass is 269 g/mol. The summed E-state index contributed by atoms with van der Waals surface area (Å²) in [5.74, 6) is 5.75. The summed E-state index contributed by atoms with van der Waals surface area (Å²) in [6.45, 7) is 4.39. The predicted molar refractivity (Wildman–Crippen MR) is 78.7 cm³/mol. The first-order valence-electron chi connectivity index (χ1n) is 6.32. The molecule has 2 atom stereocenters. The van der Waals surface area contributed by atoms with Crippen molar-refractivity contribution in [3.8, 4) is 0 Å². The molecule has 4 heteroatoms. The third kappa shape index (κ3) is 3.23. The van der Waals surface area contributed by atoms with E-state index in [1.54, 1.807) is 0 Å². The van der Waals surface area contributed by atoms with Gasteiger partial charge in [-0.3, -0.25) is 11.3 Å². The second-order valence-corrected chi connectivity index (χ2v) is 5.53. The van der Waals surface area contributed by atoms with E-state index in [2.05, 4.69) is 44.3 Å². The van der Waals surface area contributed by atoms with Crippen molar-refractivity contribution in [3.63, 3.8) is 0 Å². The quantitative estimate of drug-likeness (QED) is 0.616. The summed E-state index contributed by atoms with van der Waals surface area (Å²) in [6, 6.07) is 8.08. The van der Waals surface area contributed by atoms with Gasteiger partial charge >= 0.3 is 0 Å². The molecule has 0 heterocycles. The second-order valence-electron chi connectivity index (χ2n) is 5.12. The van der Waals surface area contributed by atoms with E-state index in [1.165, 1.54) is 0 Å². The number of halogens is 1. The van der Waals surface area contributed by atoms with E-state index in [1.807, 2.05) is 18.2 Å². The maximum absolute atomic E-state index is 6.22. The molecule has 0 saturated carbocycles. The van der Waals surface area contributed by atoms with Crippen LogP contribution in [0.25, 0.3) is 0 Å². The molecule has 0 aromatic heterocycles. The molecule has 3 nitrogen and oxygen atoms in total. The zero-order valence-corrected chi connectivity index (χ0v) is 12.5. The fourth-order valence-electron chi connectivity index (χ4n) is 2.22. The minimum absolute atomic E-state index is 0.00603. The molecule has 0 amide bonds. The minimum Gasteiger partial charge on any atom is -0.302 e. The lowest BCUT2D eigenvalue weighted by molar-refractivity contribution is 0.112. The van der Waals surface area contributed by atoms with Crippen LogP contribution in [-0.4, -0.2) is 30.6 Å². The zero-order chi connectivity index (χ0) is 13.8. The standard InChI is InChI=1S/C14H24ClN3/c1-5-14(2,18(3)4)13(17-16)10-11-8-6-7-9-12(11)15/h6-9,13,17H,5,10,16H2,1-4H3. The molecule has 102 valence electrons. The maximum Gasteiger partial charge on any atom is 0.0438 e. The number of nitrogens with two attached hydrogens (primary N) is 1. The molecule has 2 unspecified atom stereocenters. The highest BCUT2D eigenvalue weighted by Gasteiger charge is 2.34. The van der Waals surface area contributed by atoms with E-state index in [9.17, 15) is 0 Å². The number of rotatable bonds is 6. The van der Waals surface area contributed by atoms with Crippen molar-refractivity contribution < 1.29 is 0 Å². The molecule has 3 N–H and O–H groups in total. The van der Waals surface area contributed by atoms with Crippen molar-refractivity contribution >= 4 is 11.6 Å². The summed E-state index contributed by atoms with van der Waals surface area (Å²) >= 11 is 6.22. The molecule has 0 aliphatic rings. The number of likely N-dealkylation sites (N-methyl/N-ethyl adjacent to an activating group) is 1. The van der Waals surface area contributed by atoms with E-state index >= 15 is 0 Å². The van der Waals surface area contributed by atoms with Gasteiger partial charge in [0.25, 0.3) is 0 Å². The summed E-state index contributed by atoms with van der Waals surface area (Å²) in [6.07, 6.45) is 1.83. The van der Waals surface area contributed by atoms with Crippen LogP contribution in [0.15, 0.2) is 24.3 Å². The molecule has 0 radical (unpaired) electrons. The van der Waals surface area contributed by atoms with Gasteiger partial charge in [-0.25, -0.2) is 0 Å². The number of hydrogen-bond acceptors (Lipinski definition) is 3. The van der Waals surface area contributed by atoms with Crippen LogP contribution in [0.2, 0.25) is 5.02 Å². The molecule has 0 bridgehead atoms. The Balaban J connectivity index is 2.94. The highest BCUT2D eigenvalue weighted by atomic mass is 35.5. The predicted octanol–water partition coefficient (Wildman–Crippen LogP) is 2.44. The van der Waals surface area contributed by atoms with Crippen LogP contribution in [-0.2, 0) is 6.42 Å². The van der Waals surface area contributed by atoms with Crippen LogP contribution in [0.1, 0.15) is 25.8 Å². The van der Waals surface area contributed by atoms with Crippen molar-refractivity contribution in [1.82, 2.24) is 10.3 Å². The van der Waals surface area contributed by atoms with Gasteiger partial charge in [-0.05, 0) is 45.5 Å². The molecular formula is C14H24ClN3. The summed E-state index contributed by atoms with van der Waals surface area (Å²) < 4.78 is 0. The third-order valence-corrected chi connectivity index (χ3v) is 4.44. The Kier molecular flexibility index (Phi) is 5.60. The van der Waals surface area contributed by atoms with Gasteiger partial charge in [0, 0.05) is 16.6 Å². The molecule has 0 aliphatic heterocycles. The molecule has 0 fully saturated rings. The molecular weight excluding hydrogens is 246 g/mol. The number of nitrogens with zero attached hydrogens (tertiary/aromatic N) is 1. The maximum atomic E-state index is 6.22. The molecule has 1 aromatic carbocycles. The average molecular weight is 270 g/mol. The van der Waals surface area contributed by atoms with Gasteiger partial charge in [0.15, 0.2) is 0 Å². The van der Waals surface area contributed by atoms with Gasteiger partial charge in [-0.2, -0.15) is 0 Å². The topological polar surface area (TPSA) is 41.3 Å². The molecule has 0 aliphatic carbocycles. The number of hydrazine groups is 1. The lowest BCUT2D eigenvalue weighted by Gasteiger charge is -2.42. The van der Waals surface area contributed by atoms with E-state index in [-0.39, 0.29) is 11.6 Å². The minimum atomic E-state index is -0.00603. The highest BCUT2D eigenvalue weighted by molar-refractivity contribution is 6.31. The summed E-state index contributed by atoms with van der Waals surface area (Å²) in [4.78, 5) is 2.22. The van der Waals surface area contributed by atoms with Crippen LogP contribution >= 0.6 is 11.6 Å². The Labute approximate surface area is 115 Å². The Morgan fingerprint density at radius 3 is 2.44 bits per heavy atom. The second kappa shape index (κ2) is 6.53. The fraction of sp³-hybridized carbons (Fsp3) is 0.571. The Morgan fingerprint density at radius 1 is 1.39 bits per heavy atom.